The summed E-state index contributed by atoms with van der Waals surface area (Å²) in [6.07, 6.45) is 16.2. The maximum atomic E-state index is 14.2. The first-order valence-electron chi connectivity index (χ1n) is 23.2. The van der Waals surface area contributed by atoms with Crippen molar-refractivity contribution in [2.24, 2.45) is 33.6 Å². The Labute approximate surface area is 361 Å². The smallest absolute Gasteiger partial charge is 0.237 e. The number of aliphatic imine (C=N–C) groups is 1. The van der Waals surface area contributed by atoms with Crippen molar-refractivity contribution in [3.05, 3.63) is 40.5 Å². The molecule has 0 radical (unpaired) electrons. The molecule has 1 saturated carbocycles. The summed E-state index contributed by atoms with van der Waals surface area (Å²) in [5, 5.41) is 0.479. The summed E-state index contributed by atoms with van der Waals surface area (Å²) < 4.78 is 5.03. The molecule has 58 heavy (non-hydrogen) atoms. The molecule has 5 rings (SSSR count). The van der Waals surface area contributed by atoms with E-state index in [4.69, 9.17) is 21.3 Å². The number of nitrogens with zero attached hydrogens (tertiary/aromatic N) is 3. The van der Waals surface area contributed by atoms with Crippen molar-refractivity contribution in [3.8, 4) is 11.3 Å². The number of fused-ring (bicyclic) bond motifs is 1. The van der Waals surface area contributed by atoms with E-state index in [1.807, 2.05) is 40.0 Å². The van der Waals surface area contributed by atoms with Gasteiger partial charge in [0.1, 0.15) is 10.9 Å². The Bertz CT molecular complexity index is 1600. The number of ether oxygens (including phenoxy) is 1. The molecule has 7 heteroatoms. The average Bonchev–Trinajstić information content (AvgIpc) is 3.38. The zero-order valence-corrected chi connectivity index (χ0v) is 40.5. The molecule has 1 amide bonds. The SMILES string of the molecule is CC(C)C.CCC(C)C(=O)C1(C)COC1.CCC=Nc1cc(-c2ccc3c(c2)N(C2CC(CCC)C2)C(=O)C3(CCC)CCC)nc(Cl)c1C.CCCC(C)(C)CC. The van der Waals surface area contributed by atoms with Crippen molar-refractivity contribution in [3.63, 3.8) is 0 Å². The summed E-state index contributed by atoms with van der Waals surface area (Å²) in [5.74, 6) is 2.46. The highest BCUT2D eigenvalue weighted by molar-refractivity contribution is 6.30. The predicted molar refractivity (Wildman–Crippen MR) is 251 cm³/mol. The number of carbonyl (C=O) groups excluding carboxylic acids is 2. The highest BCUT2D eigenvalue weighted by Crippen LogP contribution is 2.52. The predicted octanol–water partition coefficient (Wildman–Crippen LogP) is 15.1. The van der Waals surface area contributed by atoms with E-state index in [9.17, 15) is 9.59 Å². The van der Waals surface area contributed by atoms with E-state index in [2.05, 4.69) is 104 Å². The number of anilines is 1. The van der Waals surface area contributed by atoms with Gasteiger partial charge in [0.25, 0.3) is 0 Å². The third-order valence-corrected chi connectivity index (χ3v) is 12.7. The molecule has 1 atom stereocenters. The molecule has 3 heterocycles. The Morgan fingerprint density at radius 1 is 0.983 bits per heavy atom. The fourth-order valence-corrected chi connectivity index (χ4v) is 8.54. The van der Waals surface area contributed by atoms with Crippen LogP contribution in [0.25, 0.3) is 11.3 Å². The van der Waals surface area contributed by atoms with Gasteiger partial charge in [-0.3, -0.25) is 14.6 Å². The molecule has 1 aliphatic carbocycles. The Kier molecular flexibility index (Phi) is 21.4. The number of ketones is 1. The van der Waals surface area contributed by atoms with Crippen molar-refractivity contribution < 1.29 is 14.3 Å². The Balaban J connectivity index is 0.000000409. The van der Waals surface area contributed by atoms with E-state index in [0.29, 0.717) is 41.5 Å². The maximum absolute atomic E-state index is 14.2. The van der Waals surface area contributed by atoms with Crippen molar-refractivity contribution >= 4 is 40.9 Å². The lowest BCUT2D eigenvalue weighted by atomic mass is 9.73. The van der Waals surface area contributed by atoms with Gasteiger partial charge < -0.3 is 9.64 Å². The number of pyridine rings is 1. The molecular formula is C51H84ClN3O3. The second-order valence-corrected chi connectivity index (χ2v) is 19.5. The number of halogens is 1. The largest absolute Gasteiger partial charge is 0.379 e. The second-order valence-electron chi connectivity index (χ2n) is 19.2. The molecule has 3 aliphatic rings. The molecule has 1 aromatic heterocycles. The van der Waals surface area contributed by atoms with Crippen LogP contribution in [0.1, 0.15) is 192 Å². The minimum absolute atomic E-state index is 0.157. The number of aromatic nitrogens is 1. The van der Waals surface area contributed by atoms with Crippen LogP contribution in [0.3, 0.4) is 0 Å². The normalized spacial score (nSPS) is 19.5. The van der Waals surface area contributed by atoms with Crippen LogP contribution in [-0.2, 0) is 19.7 Å². The molecule has 6 nitrogen and oxygen atoms in total. The van der Waals surface area contributed by atoms with Crippen molar-refractivity contribution in [2.45, 2.75) is 199 Å². The van der Waals surface area contributed by atoms with Gasteiger partial charge in [-0.2, -0.15) is 0 Å². The summed E-state index contributed by atoms with van der Waals surface area (Å²) in [5.41, 5.74) is 5.86. The van der Waals surface area contributed by atoms with Crippen LogP contribution in [0.4, 0.5) is 11.4 Å². The summed E-state index contributed by atoms with van der Waals surface area (Å²) in [6, 6.07) is 8.83. The van der Waals surface area contributed by atoms with E-state index < -0.39 is 5.41 Å². The molecule has 0 N–H and O–H groups in total. The van der Waals surface area contributed by atoms with Gasteiger partial charge in [-0.15, -0.1) is 0 Å². The molecule has 2 aliphatic heterocycles. The van der Waals surface area contributed by atoms with E-state index in [1.165, 1.54) is 37.7 Å². The van der Waals surface area contributed by atoms with Crippen molar-refractivity contribution in [1.29, 1.82) is 0 Å². The minimum atomic E-state index is -0.401. The van der Waals surface area contributed by atoms with E-state index >= 15 is 0 Å². The van der Waals surface area contributed by atoms with Crippen LogP contribution < -0.4 is 4.90 Å². The summed E-state index contributed by atoms with van der Waals surface area (Å²) in [7, 11) is 0. The first-order chi connectivity index (χ1) is 27.3. The fourth-order valence-electron chi connectivity index (χ4n) is 8.35. The minimum Gasteiger partial charge on any atom is -0.379 e. The zero-order valence-electron chi connectivity index (χ0n) is 39.7. The zero-order chi connectivity index (χ0) is 43.8. The lowest BCUT2D eigenvalue weighted by molar-refractivity contribution is -0.159. The molecular weight excluding hydrogens is 738 g/mol. The van der Waals surface area contributed by atoms with Gasteiger partial charge in [0.15, 0.2) is 0 Å². The molecule has 328 valence electrons. The molecule has 2 fully saturated rings. The molecule has 1 saturated heterocycles. The molecule has 1 unspecified atom stereocenters. The average molecular weight is 823 g/mol. The standard InChI is InChI=1S/C30H40ClN3O.C9H16O2.C8H18.C4H10/c1-6-10-21-16-23(17-21)34-27-18-22(26-19-25(32-15-9-4)20(5)28(31)33-26)11-12-24(27)30(13-7-2,14-8-3)29(34)35;1-4-7(2)8(10)9(3)5-11-6-9;1-5-7-8(3,4)6-2;1-4(2)3/h11-12,15,18-19,21,23H,6-10,13-14,16-17H2,1-5H3;7H,4-6H2,1-3H3;5-7H2,1-4H3;4H,1-3H3. The van der Waals surface area contributed by atoms with E-state index in [-0.39, 0.29) is 11.3 Å². The molecule has 2 aromatic rings. The van der Waals surface area contributed by atoms with Gasteiger partial charge in [0.05, 0.1) is 35.4 Å². The quantitative estimate of drug-likeness (QED) is 0.125. The maximum Gasteiger partial charge on any atom is 0.237 e. The van der Waals surface area contributed by atoms with Crippen LogP contribution >= 0.6 is 11.6 Å². The van der Waals surface area contributed by atoms with Gasteiger partial charge in [-0.05, 0) is 93.7 Å². The van der Waals surface area contributed by atoms with Crippen molar-refractivity contribution in [2.75, 3.05) is 18.1 Å². The van der Waals surface area contributed by atoms with Gasteiger partial charge in [0.2, 0.25) is 5.91 Å². The van der Waals surface area contributed by atoms with Crippen LogP contribution in [-0.4, -0.2) is 42.1 Å². The lowest BCUT2D eigenvalue weighted by Crippen LogP contribution is -2.50. The van der Waals surface area contributed by atoms with Gasteiger partial charge in [-0.25, -0.2) is 4.98 Å². The highest BCUT2D eigenvalue weighted by atomic mass is 35.5. The highest BCUT2D eigenvalue weighted by Gasteiger charge is 2.53. The number of carbonyl (C=O) groups is 2. The number of hydrogen-bond donors (Lipinski definition) is 0. The van der Waals surface area contributed by atoms with Crippen LogP contribution in [0.15, 0.2) is 29.3 Å². The Morgan fingerprint density at radius 2 is 1.59 bits per heavy atom. The number of hydrogen-bond acceptors (Lipinski definition) is 5. The number of Topliss-reactive ketones (excluding diaryl/α,β-unsaturated/α-hetero) is 1. The first-order valence-corrected chi connectivity index (χ1v) is 23.5. The second kappa shape index (κ2) is 24.0. The third-order valence-electron chi connectivity index (χ3n) is 12.3. The topological polar surface area (TPSA) is 71.9 Å². The number of benzene rings is 1. The van der Waals surface area contributed by atoms with E-state index in [1.54, 1.807) is 0 Å². The van der Waals surface area contributed by atoms with Gasteiger partial charge >= 0.3 is 0 Å². The Morgan fingerprint density at radius 3 is 2.03 bits per heavy atom. The summed E-state index contributed by atoms with van der Waals surface area (Å²) >= 11 is 6.52. The Hall–Kier alpha value is -2.57. The lowest BCUT2D eigenvalue weighted by Gasteiger charge is -2.42. The van der Waals surface area contributed by atoms with Crippen molar-refractivity contribution in [1.82, 2.24) is 4.98 Å². The number of amides is 1. The van der Waals surface area contributed by atoms with Crippen LogP contribution in [0.2, 0.25) is 5.15 Å². The van der Waals surface area contributed by atoms with Gasteiger partial charge in [0, 0.05) is 35.0 Å². The van der Waals surface area contributed by atoms with Gasteiger partial charge in [-0.1, -0.05) is 152 Å². The summed E-state index contributed by atoms with van der Waals surface area (Å²) in [6.45, 7) is 33.6. The molecule has 0 bridgehead atoms. The van der Waals surface area contributed by atoms with Crippen LogP contribution in [0.5, 0.6) is 0 Å². The monoisotopic (exact) mass is 822 g/mol. The molecule has 0 spiro atoms. The summed E-state index contributed by atoms with van der Waals surface area (Å²) in [4.78, 5) is 37.2. The number of rotatable bonds is 16. The van der Waals surface area contributed by atoms with E-state index in [0.717, 1.165) is 91.4 Å². The fraction of sp³-hybridized carbons (Fsp3) is 0.725. The third kappa shape index (κ3) is 13.5. The first kappa shape index (κ1) is 51.6. The van der Waals surface area contributed by atoms with Crippen LogP contribution in [0, 0.1) is 35.5 Å². The molecule has 1 aromatic carbocycles.